The molecule has 9 nitrogen and oxygen atoms in total. The van der Waals surface area contributed by atoms with Crippen LogP contribution in [0.2, 0.25) is 0 Å². The Labute approximate surface area is 165 Å². The summed E-state index contributed by atoms with van der Waals surface area (Å²) < 4.78 is 27.5. The number of hydrazine groups is 1. The van der Waals surface area contributed by atoms with Gasteiger partial charge in [0.05, 0.1) is 4.90 Å². The van der Waals surface area contributed by atoms with Gasteiger partial charge in [-0.3, -0.25) is 25.2 Å². The number of carbonyl (C=O) groups excluding carboxylic acids is 3. The molecule has 0 unspecified atom stereocenters. The lowest BCUT2D eigenvalue weighted by Gasteiger charge is -2.20. The van der Waals surface area contributed by atoms with E-state index in [1.165, 1.54) is 12.1 Å². The van der Waals surface area contributed by atoms with Crippen LogP contribution in [0.3, 0.4) is 0 Å². The van der Waals surface area contributed by atoms with E-state index in [2.05, 4.69) is 15.5 Å². The first-order valence-electron chi connectivity index (χ1n) is 8.92. The molecular formula is C18H28N4O5S. The average Bonchev–Trinajstić information content (AvgIpc) is 2.57. The van der Waals surface area contributed by atoms with Crippen LogP contribution in [-0.4, -0.2) is 38.2 Å². The van der Waals surface area contributed by atoms with Crippen molar-refractivity contribution >= 4 is 27.7 Å². The molecule has 4 N–H and O–H groups in total. The van der Waals surface area contributed by atoms with Gasteiger partial charge in [-0.1, -0.05) is 31.5 Å². The number of benzene rings is 1. The molecule has 0 radical (unpaired) electrons. The molecule has 1 atom stereocenters. The Balaban J connectivity index is 2.84. The predicted octanol–water partition coefficient (Wildman–Crippen LogP) is 0.360. The summed E-state index contributed by atoms with van der Waals surface area (Å²) in [5.41, 5.74) is 4.99. The van der Waals surface area contributed by atoms with Gasteiger partial charge in [0.1, 0.15) is 6.04 Å². The standard InChI is InChI=1S/C18H28N4O5S/c1-11(2)10-15(16(23)20-21-18(25)17(24)19-12(3)4)22-28(26,27)14-8-6-13(5)7-9-14/h6-9,11-12,15,22H,10H2,1-5H3,(H,19,24)(H,20,23)(H,21,25)/t15-/m0/s1. The van der Waals surface area contributed by atoms with Gasteiger partial charge in [-0.2, -0.15) is 4.72 Å². The van der Waals surface area contributed by atoms with Crippen LogP contribution in [-0.2, 0) is 24.4 Å². The van der Waals surface area contributed by atoms with Crippen molar-refractivity contribution in [1.82, 2.24) is 20.9 Å². The number of sulfonamides is 1. The second-order valence-corrected chi connectivity index (χ2v) is 8.90. The van der Waals surface area contributed by atoms with Gasteiger partial charge in [0.15, 0.2) is 0 Å². The third kappa shape index (κ3) is 7.65. The van der Waals surface area contributed by atoms with Crippen LogP contribution in [0, 0.1) is 12.8 Å². The second kappa shape index (κ2) is 10.2. The summed E-state index contributed by atoms with van der Waals surface area (Å²) >= 11 is 0. The van der Waals surface area contributed by atoms with E-state index in [0.29, 0.717) is 0 Å². The van der Waals surface area contributed by atoms with Crippen LogP contribution in [0.5, 0.6) is 0 Å². The zero-order chi connectivity index (χ0) is 21.5. The second-order valence-electron chi connectivity index (χ2n) is 7.19. The molecule has 1 rings (SSSR count). The smallest absolute Gasteiger partial charge is 0.327 e. The van der Waals surface area contributed by atoms with Crippen molar-refractivity contribution in [2.45, 2.75) is 58.0 Å². The molecule has 0 aliphatic heterocycles. The molecule has 28 heavy (non-hydrogen) atoms. The highest BCUT2D eigenvalue weighted by atomic mass is 32.2. The summed E-state index contributed by atoms with van der Waals surface area (Å²) in [4.78, 5) is 35.7. The number of carbonyl (C=O) groups is 3. The molecule has 0 aliphatic carbocycles. The van der Waals surface area contributed by atoms with E-state index >= 15 is 0 Å². The molecule has 0 saturated heterocycles. The van der Waals surface area contributed by atoms with Gasteiger partial charge in [0.25, 0.3) is 5.91 Å². The quantitative estimate of drug-likeness (QED) is 0.379. The number of aryl methyl sites for hydroxylation is 1. The van der Waals surface area contributed by atoms with E-state index in [-0.39, 0.29) is 23.3 Å². The maximum Gasteiger partial charge on any atom is 0.327 e. The molecular weight excluding hydrogens is 384 g/mol. The largest absolute Gasteiger partial charge is 0.346 e. The molecule has 0 saturated carbocycles. The normalized spacial score (nSPS) is 12.5. The van der Waals surface area contributed by atoms with E-state index < -0.39 is 33.8 Å². The van der Waals surface area contributed by atoms with E-state index in [1.54, 1.807) is 26.0 Å². The third-order valence-corrected chi connectivity index (χ3v) is 5.07. The predicted molar refractivity (Wildman–Crippen MR) is 104 cm³/mol. The number of amides is 3. The molecule has 156 valence electrons. The Morgan fingerprint density at radius 3 is 2.00 bits per heavy atom. The maximum atomic E-state index is 12.6. The highest BCUT2D eigenvalue weighted by Crippen LogP contribution is 2.13. The molecule has 3 amide bonds. The zero-order valence-electron chi connectivity index (χ0n) is 16.7. The number of hydrogen-bond acceptors (Lipinski definition) is 5. The number of rotatable bonds is 7. The number of hydrogen-bond donors (Lipinski definition) is 4. The van der Waals surface area contributed by atoms with Crippen LogP contribution in [0.1, 0.15) is 39.7 Å². The molecule has 0 bridgehead atoms. The minimum atomic E-state index is -3.94. The van der Waals surface area contributed by atoms with Gasteiger partial charge in [-0.25, -0.2) is 8.42 Å². The van der Waals surface area contributed by atoms with Gasteiger partial charge in [-0.05, 0) is 45.2 Å². The summed E-state index contributed by atoms with van der Waals surface area (Å²) in [5.74, 6) is -2.73. The molecule has 1 aromatic rings. The first kappa shape index (κ1) is 23.6. The lowest BCUT2D eigenvalue weighted by molar-refractivity contribution is -0.141. The monoisotopic (exact) mass is 412 g/mol. The minimum absolute atomic E-state index is 0.00333. The van der Waals surface area contributed by atoms with Crippen LogP contribution in [0.25, 0.3) is 0 Å². The van der Waals surface area contributed by atoms with Crippen molar-refractivity contribution in [2.75, 3.05) is 0 Å². The summed E-state index contributed by atoms with van der Waals surface area (Å²) in [7, 11) is -3.94. The summed E-state index contributed by atoms with van der Waals surface area (Å²) in [6.07, 6.45) is 0.199. The minimum Gasteiger partial charge on any atom is -0.346 e. The molecule has 0 fully saturated rings. The maximum absolute atomic E-state index is 12.6. The topological polar surface area (TPSA) is 133 Å². The fraction of sp³-hybridized carbons (Fsp3) is 0.500. The third-order valence-electron chi connectivity index (χ3n) is 3.58. The fourth-order valence-electron chi connectivity index (χ4n) is 2.24. The Morgan fingerprint density at radius 2 is 1.50 bits per heavy atom. The van der Waals surface area contributed by atoms with E-state index in [1.807, 2.05) is 26.2 Å². The van der Waals surface area contributed by atoms with Gasteiger partial charge in [0, 0.05) is 6.04 Å². The first-order chi connectivity index (χ1) is 12.9. The molecule has 0 heterocycles. The van der Waals surface area contributed by atoms with E-state index in [0.717, 1.165) is 5.56 Å². The Bertz CT molecular complexity index is 804. The van der Waals surface area contributed by atoms with E-state index in [4.69, 9.17) is 0 Å². The molecule has 0 spiro atoms. The fourth-order valence-corrected chi connectivity index (χ4v) is 3.45. The highest BCUT2D eigenvalue weighted by Gasteiger charge is 2.27. The SMILES string of the molecule is Cc1ccc(S(=O)(=O)N[C@@H](CC(C)C)C(=O)NNC(=O)C(=O)NC(C)C)cc1. The molecule has 10 heteroatoms. The van der Waals surface area contributed by atoms with Crippen LogP contribution >= 0.6 is 0 Å². The van der Waals surface area contributed by atoms with Crippen molar-refractivity contribution in [3.05, 3.63) is 29.8 Å². The van der Waals surface area contributed by atoms with Crippen LogP contribution in [0.15, 0.2) is 29.2 Å². The van der Waals surface area contributed by atoms with Gasteiger partial charge >= 0.3 is 11.8 Å². The first-order valence-corrected chi connectivity index (χ1v) is 10.4. The summed E-state index contributed by atoms with van der Waals surface area (Å²) in [6.45, 7) is 8.85. The van der Waals surface area contributed by atoms with Crippen molar-refractivity contribution in [3.8, 4) is 0 Å². The molecule has 1 aromatic carbocycles. The molecule has 0 aliphatic rings. The van der Waals surface area contributed by atoms with Crippen LogP contribution < -0.4 is 20.9 Å². The lowest BCUT2D eigenvalue weighted by atomic mass is 10.0. The van der Waals surface area contributed by atoms with Gasteiger partial charge < -0.3 is 5.32 Å². The van der Waals surface area contributed by atoms with Crippen LogP contribution in [0.4, 0.5) is 0 Å². The van der Waals surface area contributed by atoms with Crippen molar-refractivity contribution in [1.29, 1.82) is 0 Å². The summed E-state index contributed by atoms with van der Waals surface area (Å²) in [6, 6.07) is 4.82. The average molecular weight is 413 g/mol. The number of nitrogens with one attached hydrogen (secondary N) is 4. The Kier molecular flexibility index (Phi) is 8.58. The Hall–Kier alpha value is -2.46. The van der Waals surface area contributed by atoms with Crippen molar-refractivity contribution in [2.24, 2.45) is 5.92 Å². The highest BCUT2D eigenvalue weighted by molar-refractivity contribution is 7.89. The molecule has 0 aromatic heterocycles. The van der Waals surface area contributed by atoms with Gasteiger partial charge in [0.2, 0.25) is 10.0 Å². The van der Waals surface area contributed by atoms with Gasteiger partial charge in [-0.15, -0.1) is 0 Å². The summed E-state index contributed by atoms with van der Waals surface area (Å²) in [5, 5.41) is 2.38. The van der Waals surface area contributed by atoms with Crippen molar-refractivity contribution in [3.63, 3.8) is 0 Å². The zero-order valence-corrected chi connectivity index (χ0v) is 17.5. The van der Waals surface area contributed by atoms with E-state index in [9.17, 15) is 22.8 Å². The van der Waals surface area contributed by atoms with Crippen molar-refractivity contribution < 1.29 is 22.8 Å². The Morgan fingerprint density at radius 1 is 0.929 bits per heavy atom. The lowest BCUT2D eigenvalue weighted by Crippen LogP contribution is -2.55.